The molecule has 0 aliphatic rings. The lowest BCUT2D eigenvalue weighted by molar-refractivity contribution is -0.121. The summed E-state index contributed by atoms with van der Waals surface area (Å²) in [5, 5.41) is 5.89. The van der Waals surface area contributed by atoms with Crippen LogP contribution < -0.4 is 15.4 Å². The fourth-order valence-electron chi connectivity index (χ4n) is 1.83. The van der Waals surface area contributed by atoms with Gasteiger partial charge in [-0.1, -0.05) is 6.92 Å². The lowest BCUT2D eigenvalue weighted by atomic mass is 10.1. The van der Waals surface area contributed by atoms with E-state index in [0.29, 0.717) is 18.7 Å². The first-order chi connectivity index (χ1) is 10.2. The number of carbonyl (C=O) groups excluding carboxylic acids is 2. The summed E-state index contributed by atoms with van der Waals surface area (Å²) in [7, 11) is 0. The molecule has 116 valence electrons. The number of likely N-dealkylation sites (N-methyl/N-ethyl adjacent to an activating group) is 1. The number of ether oxygens (including phenoxy) is 1. The predicted molar refractivity (Wildman–Crippen MR) is 82.7 cm³/mol. The van der Waals surface area contributed by atoms with E-state index in [0.717, 1.165) is 18.8 Å². The molecule has 0 aliphatic heterocycles. The van der Waals surface area contributed by atoms with Gasteiger partial charge in [0, 0.05) is 31.5 Å². The van der Waals surface area contributed by atoms with Crippen LogP contribution in [0.5, 0.6) is 5.75 Å². The van der Waals surface area contributed by atoms with Gasteiger partial charge in [-0.15, -0.1) is 0 Å². The van der Waals surface area contributed by atoms with Crippen LogP contribution in [0.25, 0.3) is 0 Å². The topological polar surface area (TPSA) is 67.4 Å². The van der Waals surface area contributed by atoms with E-state index >= 15 is 0 Å². The van der Waals surface area contributed by atoms with Gasteiger partial charge < -0.3 is 15.4 Å². The molecule has 0 aromatic heterocycles. The van der Waals surface area contributed by atoms with E-state index in [1.54, 1.807) is 24.3 Å². The van der Waals surface area contributed by atoms with Crippen LogP contribution in [0, 0.1) is 0 Å². The molecular weight excluding hydrogens is 268 g/mol. The van der Waals surface area contributed by atoms with Gasteiger partial charge >= 0.3 is 0 Å². The molecule has 0 bridgehead atoms. The van der Waals surface area contributed by atoms with E-state index < -0.39 is 0 Å². The molecule has 0 heterocycles. The van der Waals surface area contributed by atoms with Gasteiger partial charge in [0.25, 0.3) is 0 Å². The van der Waals surface area contributed by atoms with Gasteiger partial charge in [0.15, 0.2) is 5.78 Å². The Hall–Kier alpha value is -1.88. The standard InChI is InChI=1S/C16H24N2O3/c1-3-17-11-12-18-16(20)10-9-15(19)13-5-7-14(8-6-13)21-4-2/h5-8,17H,3-4,9-12H2,1-2H3,(H,18,20). The average molecular weight is 292 g/mol. The van der Waals surface area contributed by atoms with Crippen molar-refractivity contribution in [3.8, 4) is 5.75 Å². The van der Waals surface area contributed by atoms with Crippen molar-refractivity contribution in [2.24, 2.45) is 0 Å². The maximum atomic E-state index is 12.0. The highest BCUT2D eigenvalue weighted by Crippen LogP contribution is 2.13. The molecule has 0 unspecified atom stereocenters. The van der Waals surface area contributed by atoms with Gasteiger partial charge in [0.2, 0.25) is 5.91 Å². The van der Waals surface area contributed by atoms with Gasteiger partial charge in [-0.2, -0.15) is 0 Å². The van der Waals surface area contributed by atoms with Crippen molar-refractivity contribution in [2.45, 2.75) is 26.7 Å². The largest absolute Gasteiger partial charge is 0.494 e. The second-order valence-electron chi connectivity index (χ2n) is 4.58. The molecule has 1 rings (SSSR count). The second-order valence-corrected chi connectivity index (χ2v) is 4.58. The summed E-state index contributed by atoms with van der Waals surface area (Å²) in [5.74, 6) is 0.627. The Morgan fingerprint density at radius 2 is 1.76 bits per heavy atom. The third-order valence-corrected chi connectivity index (χ3v) is 2.94. The quantitative estimate of drug-likeness (QED) is 0.509. The zero-order valence-electron chi connectivity index (χ0n) is 12.8. The summed E-state index contributed by atoms with van der Waals surface area (Å²) in [4.78, 5) is 23.5. The first-order valence-electron chi connectivity index (χ1n) is 7.40. The molecule has 0 saturated heterocycles. The monoisotopic (exact) mass is 292 g/mol. The third kappa shape index (κ3) is 6.90. The maximum Gasteiger partial charge on any atom is 0.220 e. The zero-order valence-corrected chi connectivity index (χ0v) is 12.8. The molecule has 21 heavy (non-hydrogen) atoms. The Kier molecular flexibility index (Phi) is 8.12. The zero-order chi connectivity index (χ0) is 15.5. The van der Waals surface area contributed by atoms with E-state index in [2.05, 4.69) is 10.6 Å². The summed E-state index contributed by atoms with van der Waals surface area (Å²) < 4.78 is 5.32. The van der Waals surface area contributed by atoms with E-state index in [1.165, 1.54) is 0 Å². The van der Waals surface area contributed by atoms with Crippen molar-refractivity contribution in [1.82, 2.24) is 10.6 Å². The highest BCUT2D eigenvalue weighted by Gasteiger charge is 2.09. The molecule has 0 fully saturated rings. The molecule has 0 saturated carbocycles. The minimum Gasteiger partial charge on any atom is -0.494 e. The van der Waals surface area contributed by atoms with Gasteiger partial charge in [-0.3, -0.25) is 9.59 Å². The number of amides is 1. The predicted octanol–water partition coefficient (Wildman–Crippen LogP) is 1.77. The van der Waals surface area contributed by atoms with Crippen LogP contribution in [0.1, 0.15) is 37.0 Å². The number of rotatable bonds is 10. The Morgan fingerprint density at radius 3 is 2.38 bits per heavy atom. The summed E-state index contributed by atoms with van der Waals surface area (Å²) in [6.45, 7) is 6.73. The number of hydrogen-bond acceptors (Lipinski definition) is 4. The number of carbonyl (C=O) groups is 2. The third-order valence-electron chi connectivity index (χ3n) is 2.94. The molecule has 5 heteroatoms. The van der Waals surface area contributed by atoms with Gasteiger partial charge in [0.1, 0.15) is 5.75 Å². The number of hydrogen-bond donors (Lipinski definition) is 2. The summed E-state index contributed by atoms with van der Waals surface area (Å²) >= 11 is 0. The molecule has 0 spiro atoms. The summed E-state index contributed by atoms with van der Waals surface area (Å²) in [6, 6.07) is 7.01. The van der Waals surface area contributed by atoms with Gasteiger partial charge in [-0.05, 0) is 37.7 Å². The smallest absolute Gasteiger partial charge is 0.220 e. The lowest BCUT2D eigenvalue weighted by Gasteiger charge is -2.06. The highest BCUT2D eigenvalue weighted by atomic mass is 16.5. The van der Waals surface area contributed by atoms with Crippen LogP contribution in [0.2, 0.25) is 0 Å². The number of Topliss-reactive ketones (excluding diaryl/α,β-unsaturated/α-hetero) is 1. The fraction of sp³-hybridized carbons (Fsp3) is 0.500. The number of nitrogens with one attached hydrogen (secondary N) is 2. The summed E-state index contributed by atoms with van der Waals surface area (Å²) in [5.41, 5.74) is 0.610. The van der Waals surface area contributed by atoms with Crippen LogP contribution in [0.4, 0.5) is 0 Å². The Balaban J connectivity index is 2.31. The normalized spacial score (nSPS) is 10.2. The molecule has 1 aromatic carbocycles. The van der Waals surface area contributed by atoms with E-state index in [4.69, 9.17) is 4.74 Å². The minimum atomic E-state index is -0.0906. The van der Waals surface area contributed by atoms with Gasteiger partial charge in [0.05, 0.1) is 6.61 Å². The van der Waals surface area contributed by atoms with E-state index in [9.17, 15) is 9.59 Å². The van der Waals surface area contributed by atoms with Crippen LogP contribution in [-0.2, 0) is 4.79 Å². The lowest BCUT2D eigenvalue weighted by Crippen LogP contribution is -2.31. The van der Waals surface area contributed by atoms with Crippen LogP contribution in [0.3, 0.4) is 0 Å². The number of ketones is 1. The summed E-state index contributed by atoms with van der Waals surface area (Å²) in [6.07, 6.45) is 0.444. The maximum absolute atomic E-state index is 12.0. The van der Waals surface area contributed by atoms with Crippen LogP contribution in [-0.4, -0.2) is 37.9 Å². The molecule has 0 atom stereocenters. The first kappa shape index (κ1) is 17.2. The van der Waals surface area contributed by atoms with Crippen molar-refractivity contribution in [1.29, 1.82) is 0 Å². The molecule has 0 aliphatic carbocycles. The molecule has 1 aromatic rings. The van der Waals surface area contributed by atoms with E-state index in [1.807, 2.05) is 13.8 Å². The van der Waals surface area contributed by atoms with Gasteiger partial charge in [-0.25, -0.2) is 0 Å². The molecule has 2 N–H and O–H groups in total. The fourth-order valence-corrected chi connectivity index (χ4v) is 1.83. The van der Waals surface area contributed by atoms with Crippen molar-refractivity contribution in [2.75, 3.05) is 26.2 Å². The Morgan fingerprint density at radius 1 is 1.05 bits per heavy atom. The number of benzene rings is 1. The van der Waals surface area contributed by atoms with Crippen molar-refractivity contribution >= 4 is 11.7 Å². The molecule has 1 amide bonds. The van der Waals surface area contributed by atoms with E-state index in [-0.39, 0.29) is 24.5 Å². The minimum absolute atomic E-state index is 0.0279. The van der Waals surface area contributed by atoms with Crippen LogP contribution in [0.15, 0.2) is 24.3 Å². The van der Waals surface area contributed by atoms with Crippen molar-refractivity contribution in [3.05, 3.63) is 29.8 Å². The Bertz CT molecular complexity index is 443. The average Bonchev–Trinajstić information content (AvgIpc) is 2.50. The Labute approximate surface area is 126 Å². The molecular formula is C16H24N2O3. The van der Waals surface area contributed by atoms with Crippen LogP contribution >= 0.6 is 0 Å². The second kappa shape index (κ2) is 9.94. The highest BCUT2D eigenvalue weighted by molar-refractivity contribution is 5.98. The molecule has 0 radical (unpaired) electrons. The van der Waals surface area contributed by atoms with Crippen molar-refractivity contribution in [3.63, 3.8) is 0 Å². The molecule has 5 nitrogen and oxygen atoms in total. The first-order valence-corrected chi connectivity index (χ1v) is 7.40. The SMILES string of the molecule is CCNCCNC(=O)CCC(=O)c1ccc(OCC)cc1. The van der Waals surface area contributed by atoms with Crippen molar-refractivity contribution < 1.29 is 14.3 Å².